The summed E-state index contributed by atoms with van der Waals surface area (Å²) in [5.41, 5.74) is 0. The fourth-order valence-corrected chi connectivity index (χ4v) is 2.81. The first kappa shape index (κ1) is 15.9. The van der Waals surface area contributed by atoms with Crippen molar-refractivity contribution in [2.75, 3.05) is 19.7 Å². The Morgan fingerprint density at radius 2 is 1.86 bits per heavy atom. The molecule has 0 aliphatic carbocycles. The van der Waals surface area contributed by atoms with Crippen molar-refractivity contribution < 1.29 is 19.1 Å². The van der Waals surface area contributed by atoms with E-state index in [1.165, 1.54) is 6.92 Å². The van der Waals surface area contributed by atoms with E-state index in [4.69, 9.17) is 4.74 Å². The Bertz CT molecular complexity index is 396. The molecule has 2 aliphatic heterocycles. The van der Waals surface area contributed by atoms with E-state index < -0.39 is 0 Å². The number of hydrogen-bond donors (Lipinski definition) is 1. The van der Waals surface area contributed by atoms with Gasteiger partial charge in [-0.1, -0.05) is 0 Å². The van der Waals surface area contributed by atoms with Crippen LogP contribution in [-0.2, 0) is 19.1 Å². The molecule has 1 N–H and O–H groups in total. The average molecular weight is 296 g/mol. The molecule has 21 heavy (non-hydrogen) atoms. The van der Waals surface area contributed by atoms with Crippen molar-refractivity contribution in [3.63, 3.8) is 0 Å². The van der Waals surface area contributed by atoms with Gasteiger partial charge in [-0.2, -0.15) is 0 Å². The maximum Gasteiger partial charge on any atom is 0.251 e. The molecule has 0 aromatic rings. The normalized spacial score (nSPS) is 23.1. The zero-order valence-corrected chi connectivity index (χ0v) is 12.6. The van der Waals surface area contributed by atoms with E-state index in [0.717, 1.165) is 25.7 Å². The third-order valence-corrected chi connectivity index (χ3v) is 4.08. The Balaban J connectivity index is 1.69. The van der Waals surface area contributed by atoms with E-state index in [1.807, 2.05) is 4.90 Å². The summed E-state index contributed by atoms with van der Waals surface area (Å²) in [6.07, 6.45) is 3.60. The van der Waals surface area contributed by atoms with Gasteiger partial charge < -0.3 is 19.7 Å². The molecule has 2 fully saturated rings. The van der Waals surface area contributed by atoms with Crippen molar-refractivity contribution in [3.8, 4) is 0 Å². The van der Waals surface area contributed by atoms with Crippen LogP contribution in [0.4, 0.5) is 0 Å². The molecule has 2 aliphatic rings. The van der Waals surface area contributed by atoms with Crippen LogP contribution in [0.1, 0.15) is 45.4 Å². The van der Waals surface area contributed by atoms with Crippen molar-refractivity contribution in [2.24, 2.45) is 0 Å². The van der Waals surface area contributed by atoms with E-state index in [2.05, 4.69) is 5.32 Å². The van der Waals surface area contributed by atoms with Crippen LogP contribution in [0.15, 0.2) is 0 Å². The Labute approximate surface area is 125 Å². The minimum atomic E-state index is -0.258. The maximum atomic E-state index is 12.2. The molecule has 0 aromatic carbocycles. The summed E-state index contributed by atoms with van der Waals surface area (Å²) in [5.74, 6) is 0.0464. The monoisotopic (exact) mass is 296 g/mol. The third kappa shape index (κ3) is 4.81. The van der Waals surface area contributed by atoms with Crippen molar-refractivity contribution in [1.29, 1.82) is 0 Å². The largest absolute Gasteiger partial charge is 0.368 e. The molecule has 1 unspecified atom stereocenters. The lowest BCUT2D eigenvalue weighted by atomic mass is 10.0. The Morgan fingerprint density at radius 1 is 1.14 bits per heavy atom. The van der Waals surface area contributed by atoms with E-state index in [9.17, 15) is 14.4 Å². The number of likely N-dealkylation sites (tertiary alicyclic amines) is 1. The molecule has 6 nitrogen and oxygen atoms in total. The van der Waals surface area contributed by atoms with Crippen molar-refractivity contribution in [3.05, 3.63) is 0 Å². The van der Waals surface area contributed by atoms with Gasteiger partial charge in [0, 0.05) is 38.6 Å². The van der Waals surface area contributed by atoms with E-state index >= 15 is 0 Å². The molecule has 2 rings (SSSR count). The molecule has 2 amide bonds. The summed E-state index contributed by atoms with van der Waals surface area (Å²) in [4.78, 5) is 36.5. The molecule has 1 atom stereocenters. The topological polar surface area (TPSA) is 75.7 Å². The Kier molecular flexibility index (Phi) is 5.73. The number of rotatable bonds is 5. The summed E-state index contributed by atoms with van der Waals surface area (Å²) in [6, 6.07) is 0.109. The molecule has 0 aromatic heterocycles. The van der Waals surface area contributed by atoms with Crippen LogP contribution in [0.25, 0.3) is 0 Å². The first-order valence-electron chi connectivity index (χ1n) is 7.75. The molecule has 0 saturated carbocycles. The molecule has 2 saturated heterocycles. The van der Waals surface area contributed by atoms with Crippen molar-refractivity contribution in [2.45, 2.75) is 57.6 Å². The van der Waals surface area contributed by atoms with Crippen LogP contribution in [0.5, 0.6) is 0 Å². The zero-order valence-electron chi connectivity index (χ0n) is 12.6. The molecular formula is C15H24N2O4. The molecule has 2 heterocycles. The van der Waals surface area contributed by atoms with Gasteiger partial charge in [-0.25, -0.2) is 0 Å². The molecule has 6 heteroatoms. The van der Waals surface area contributed by atoms with Gasteiger partial charge in [-0.05, 0) is 32.6 Å². The van der Waals surface area contributed by atoms with Crippen LogP contribution in [-0.4, -0.2) is 54.3 Å². The number of hydrogen-bond acceptors (Lipinski definition) is 4. The first-order chi connectivity index (χ1) is 10.1. The van der Waals surface area contributed by atoms with Crippen LogP contribution in [0.2, 0.25) is 0 Å². The lowest BCUT2D eigenvalue weighted by molar-refractivity contribution is -0.142. The minimum Gasteiger partial charge on any atom is -0.368 e. The number of amides is 2. The standard InChI is InChI=1S/C15H24N2O4/c1-11(18)4-5-14(19)16-12-6-8-17(9-7-12)15(20)13-3-2-10-21-13/h12-13H,2-10H2,1H3,(H,16,19). The summed E-state index contributed by atoms with van der Waals surface area (Å²) >= 11 is 0. The number of nitrogens with zero attached hydrogens (tertiary/aromatic N) is 1. The number of piperidine rings is 1. The van der Waals surface area contributed by atoms with Crippen LogP contribution in [0, 0.1) is 0 Å². The van der Waals surface area contributed by atoms with E-state index in [-0.39, 0.29) is 36.2 Å². The number of ketones is 1. The smallest absolute Gasteiger partial charge is 0.251 e. The predicted molar refractivity (Wildman–Crippen MR) is 76.6 cm³/mol. The highest BCUT2D eigenvalue weighted by atomic mass is 16.5. The predicted octanol–water partition coefficient (Wildman–Crippen LogP) is 0.642. The van der Waals surface area contributed by atoms with Crippen LogP contribution >= 0.6 is 0 Å². The van der Waals surface area contributed by atoms with Gasteiger partial charge in [0.25, 0.3) is 5.91 Å². The highest BCUT2D eigenvalue weighted by Crippen LogP contribution is 2.18. The number of nitrogens with one attached hydrogen (secondary N) is 1. The Morgan fingerprint density at radius 3 is 2.43 bits per heavy atom. The van der Waals surface area contributed by atoms with E-state index in [1.54, 1.807) is 0 Å². The van der Waals surface area contributed by atoms with E-state index in [0.29, 0.717) is 26.1 Å². The first-order valence-corrected chi connectivity index (χ1v) is 7.75. The van der Waals surface area contributed by atoms with Gasteiger partial charge >= 0.3 is 0 Å². The second kappa shape index (κ2) is 7.54. The maximum absolute atomic E-state index is 12.2. The summed E-state index contributed by atoms with van der Waals surface area (Å²) in [6.45, 7) is 3.49. The number of ether oxygens (including phenoxy) is 1. The number of Topliss-reactive ketones (excluding diaryl/α,β-unsaturated/α-hetero) is 1. The van der Waals surface area contributed by atoms with Crippen molar-refractivity contribution >= 4 is 17.6 Å². The average Bonchev–Trinajstić information content (AvgIpc) is 2.99. The fraction of sp³-hybridized carbons (Fsp3) is 0.800. The van der Waals surface area contributed by atoms with Gasteiger partial charge in [-0.15, -0.1) is 0 Å². The fourth-order valence-electron chi connectivity index (χ4n) is 2.81. The van der Waals surface area contributed by atoms with Gasteiger partial charge in [-0.3, -0.25) is 9.59 Å². The van der Waals surface area contributed by atoms with Gasteiger partial charge in [0.1, 0.15) is 11.9 Å². The molecular weight excluding hydrogens is 272 g/mol. The number of carbonyl (C=O) groups excluding carboxylic acids is 3. The summed E-state index contributed by atoms with van der Waals surface area (Å²) in [7, 11) is 0. The SMILES string of the molecule is CC(=O)CCC(=O)NC1CCN(C(=O)C2CCCO2)CC1. The Hall–Kier alpha value is -1.43. The molecule has 118 valence electrons. The highest BCUT2D eigenvalue weighted by Gasteiger charge is 2.31. The molecule has 0 bridgehead atoms. The highest BCUT2D eigenvalue weighted by molar-refractivity contribution is 5.83. The van der Waals surface area contributed by atoms with Gasteiger partial charge in [0.15, 0.2) is 0 Å². The lowest BCUT2D eigenvalue weighted by Crippen LogP contribution is -2.49. The quantitative estimate of drug-likeness (QED) is 0.808. The minimum absolute atomic E-state index is 0.0297. The van der Waals surface area contributed by atoms with Gasteiger partial charge in [0.2, 0.25) is 5.91 Å². The second-order valence-corrected chi connectivity index (χ2v) is 5.87. The van der Waals surface area contributed by atoms with Crippen LogP contribution in [0.3, 0.4) is 0 Å². The molecule has 0 spiro atoms. The van der Waals surface area contributed by atoms with Crippen LogP contribution < -0.4 is 5.32 Å². The lowest BCUT2D eigenvalue weighted by Gasteiger charge is -2.33. The van der Waals surface area contributed by atoms with Crippen molar-refractivity contribution in [1.82, 2.24) is 10.2 Å². The third-order valence-electron chi connectivity index (χ3n) is 4.08. The van der Waals surface area contributed by atoms with Gasteiger partial charge in [0.05, 0.1) is 0 Å². The number of carbonyl (C=O) groups is 3. The second-order valence-electron chi connectivity index (χ2n) is 5.87. The zero-order chi connectivity index (χ0) is 15.2. The summed E-state index contributed by atoms with van der Waals surface area (Å²) < 4.78 is 5.42. The molecule has 0 radical (unpaired) electrons. The summed E-state index contributed by atoms with van der Waals surface area (Å²) in [5, 5.41) is 2.94.